The molecule has 1 heterocycles. The van der Waals surface area contributed by atoms with Gasteiger partial charge in [-0.05, 0) is 46.6 Å². The van der Waals surface area contributed by atoms with Gasteiger partial charge in [-0.25, -0.2) is 4.98 Å². The summed E-state index contributed by atoms with van der Waals surface area (Å²) in [4.78, 5) is 16.1. The first kappa shape index (κ1) is 12.6. The molecular weight excluding hydrogens is 294 g/mol. The van der Waals surface area contributed by atoms with Crippen molar-refractivity contribution < 1.29 is 4.79 Å². The third-order valence-electron chi connectivity index (χ3n) is 2.58. The Morgan fingerprint density at radius 3 is 2.83 bits per heavy atom. The SMILES string of the molecule is Cc1cccc(C(=O)Nc2cccnc2Br)c1N. The number of pyridine rings is 1. The number of amides is 1. The lowest BCUT2D eigenvalue weighted by Crippen LogP contribution is -2.15. The normalized spacial score (nSPS) is 10.1. The van der Waals surface area contributed by atoms with Crippen LogP contribution in [0.25, 0.3) is 0 Å². The minimum Gasteiger partial charge on any atom is -0.398 e. The molecule has 5 heteroatoms. The number of benzene rings is 1. The van der Waals surface area contributed by atoms with Crippen LogP contribution in [0.2, 0.25) is 0 Å². The second kappa shape index (κ2) is 5.18. The van der Waals surface area contributed by atoms with E-state index < -0.39 is 0 Å². The van der Waals surface area contributed by atoms with Crippen molar-refractivity contribution in [3.05, 3.63) is 52.3 Å². The van der Waals surface area contributed by atoms with Gasteiger partial charge < -0.3 is 11.1 Å². The Morgan fingerprint density at radius 1 is 1.33 bits per heavy atom. The smallest absolute Gasteiger partial charge is 0.257 e. The molecule has 0 unspecified atom stereocenters. The Bertz CT molecular complexity index is 599. The molecule has 3 N–H and O–H groups in total. The number of carbonyl (C=O) groups is 1. The lowest BCUT2D eigenvalue weighted by atomic mass is 10.1. The molecular formula is C13H12BrN3O. The number of hydrogen-bond donors (Lipinski definition) is 2. The van der Waals surface area contributed by atoms with E-state index in [1.54, 1.807) is 30.5 Å². The Hall–Kier alpha value is -1.88. The van der Waals surface area contributed by atoms with Crippen molar-refractivity contribution in [2.45, 2.75) is 6.92 Å². The van der Waals surface area contributed by atoms with Gasteiger partial charge >= 0.3 is 0 Å². The molecule has 92 valence electrons. The van der Waals surface area contributed by atoms with Crippen LogP contribution in [0.5, 0.6) is 0 Å². The van der Waals surface area contributed by atoms with Gasteiger partial charge in [-0.1, -0.05) is 12.1 Å². The fraction of sp³-hybridized carbons (Fsp3) is 0.0769. The Balaban J connectivity index is 2.28. The van der Waals surface area contributed by atoms with Crippen LogP contribution in [0.15, 0.2) is 41.1 Å². The maximum absolute atomic E-state index is 12.1. The van der Waals surface area contributed by atoms with Crippen molar-refractivity contribution in [3.8, 4) is 0 Å². The van der Waals surface area contributed by atoms with Crippen molar-refractivity contribution in [2.24, 2.45) is 0 Å². The second-order valence-corrected chi connectivity index (χ2v) is 4.58. The molecule has 1 aromatic heterocycles. The van der Waals surface area contributed by atoms with E-state index in [9.17, 15) is 4.79 Å². The number of aromatic nitrogens is 1. The summed E-state index contributed by atoms with van der Waals surface area (Å²) in [7, 11) is 0. The van der Waals surface area contributed by atoms with Crippen LogP contribution < -0.4 is 11.1 Å². The quantitative estimate of drug-likeness (QED) is 0.662. The van der Waals surface area contributed by atoms with Crippen molar-refractivity contribution >= 4 is 33.2 Å². The summed E-state index contributed by atoms with van der Waals surface area (Å²) in [6, 6.07) is 8.88. The molecule has 1 aromatic carbocycles. The third kappa shape index (κ3) is 2.51. The topological polar surface area (TPSA) is 68.0 Å². The Labute approximate surface area is 113 Å². The van der Waals surface area contributed by atoms with Crippen LogP contribution in [-0.2, 0) is 0 Å². The molecule has 1 amide bonds. The van der Waals surface area contributed by atoms with E-state index in [0.717, 1.165) is 5.56 Å². The van der Waals surface area contributed by atoms with E-state index in [1.807, 2.05) is 13.0 Å². The molecule has 0 saturated heterocycles. The summed E-state index contributed by atoms with van der Waals surface area (Å²) in [5.41, 5.74) is 8.34. The highest BCUT2D eigenvalue weighted by molar-refractivity contribution is 9.10. The molecule has 0 aliphatic heterocycles. The summed E-state index contributed by atoms with van der Waals surface area (Å²) < 4.78 is 0.588. The summed E-state index contributed by atoms with van der Waals surface area (Å²) in [6.07, 6.45) is 1.64. The number of hydrogen-bond acceptors (Lipinski definition) is 3. The first-order chi connectivity index (χ1) is 8.59. The maximum atomic E-state index is 12.1. The van der Waals surface area contributed by atoms with Gasteiger partial charge in [-0.15, -0.1) is 0 Å². The standard InChI is InChI=1S/C13H12BrN3O/c1-8-4-2-5-9(11(8)15)13(18)17-10-6-3-7-16-12(10)14/h2-7H,15H2,1H3,(H,17,18). The molecule has 0 bridgehead atoms. The van der Waals surface area contributed by atoms with Gasteiger partial charge in [-0.3, -0.25) is 4.79 Å². The zero-order valence-corrected chi connectivity index (χ0v) is 11.4. The van der Waals surface area contributed by atoms with Crippen molar-refractivity contribution in [1.82, 2.24) is 4.98 Å². The van der Waals surface area contributed by atoms with Gasteiger partial charge in [0, 0.05) is 11.9 Å². The average Bonchev–Trinajstić information content (AvgIpc) is 2.35. The number of nitrogen functional groups attached to an aromatic ring is 1. The minimum absolute atomic E-state index is 0.245. The van der Waals surface area contributed by atoms with Crippen molar-refractivity contribution in [1.29, 1.82) is 0 Å². The van der Waals surface area contributed by atoms with Gasteiger partial charge in [-0.2, -0.15) is 0 Å². The Kier molecular flexibility index (Phi) is 3.62. The van der Waals surface area contributed by atoms with Gasteiger partial charge in [0.2, 0.25) is 0 Å². The molecule has 0 atom stereocenters. The van der Waals surface area contributed by atoms with Crippen LogP contribution in [0.1, 0.15) is 15.9 Å². The number of nitrogens with one attached hydrogen (secondary N) is 1. The fourth-order valence-corrected chi connectivity index (χ4v) is 1.90. The van der Waals surface area contributed by atoms with Gasteiger partial charge in [0.25, 0.3) is 5.91 Å². The zero-order chi connectivity index (χ0) is 13.1. The van der Waals surface area contributed by atoms with Crippen LogP contribution in [0.4, 0.5) is 11.4 Å². The number of anilines is 2. The number of aryl methyl sites for hydroxylation is 1. The first-order valence-electron chi connectivity index (χ1n) is 5.36. The fourth-order valence-electron chi connectivity index (χ4n) is 1.55. The summed E-state index contributed by atoms with van der Waals surface area (Å²) >= 11 is 3.27. The van der Waals surface area contributed by atoms with E-state index in [2.05, 4.69) is 26.2 Å². The predicted molar refractivity (Wildman–Crippen MR) is 75.5 cm³/mol. The largest absolute Gasteiger partial charge is 0.398 e. The van der Waals surface area contributed by atoms with Gasteiger partial charge in [0.15, 0.2) is 0 Å². The molecule has 4 nitrogen and oxygen atoms in total. The van der Waals surface area contributed by atoms with E-state index in [1.165, 1.54) is 0 Å². The highest BCUT2D eigenvalue weighted by atomic mass is 79.9. The number of rotatable bonds is 2. The van der Waals surface area contributed by atoms with E-state index in [4.69, 9.17) is 5.73 Å². The molecule has 0 aliphatic rings. The first-order valence-corrected chi connectivity index (χ1v) is 6.16. The average molecular weight is 306 g/mol. The Morgan fingerprint density at radius 2 is 2.11 bits per heavy atom. The highest BCUT2D eigenvalue weighted by Gasteiger charge is 2.12. The van der Waals surface area contributed by atoms with E-state index in [0.29, 0.717) is 21.5 Å². The number of halogens is 1. The molecule has 0 aliphatic carbocycles. The third-order valence-corrected chi connectivity index (χ3v) is 3.21. The summed E-state index contributed by atoms with van der Waals surface area (Å²) in [6.45, 7) is 1.87. The molecule has 0 fully saturated rings. The number of carbonyl (C=O) groups excluding carboxylic acids is 1. The molecule has 18 heavy (non-hydrogen) atoms. The molecule has 0 radical (unpaired) electrons. The summed E-state index contributed by atoms with van der Waals surface area (Å²) in [5.74, 6) is -0.245. The maximum Gasteiger partial charge on any atom is 0.257 e. The molecule has 2 aromatic rings. The van der Waals surface area contributed by atoms with Crippen LogP contribution in [-0.4, -0.2) is 10.9 Å². The second-order valence-electron chi connectivity index (χ2n) is 3.83. The van der Waals surface area contributed by atoms with Gasteiger partial charge in [0.1, 0.15) is 4.60 Å². The predicted octanol–water partition coefficient (Wildman–Crippen LogP) is 2.99. The minimum atomic E-state index is -0.245. The number of para-hydroxylation sites is 1. The van der Waals surface area contributed by atoms with Gasteiger partial charge in [0.05, 0.1) is 11.3 Å². The van der Waals surface area contributed by atoms with Crippen molar-refractivity contribution in [2.75, 3.05) is 11.1 Å². The van der Waals surface area contributed by atoms with Crippen LogP contribution >= 0.6 is 15.9 Å². The highest BCUT2D eigenvalue weighted by Crippen LogP contribution is 2.21. The zero-order valence-electron chi connectivity index (χ0n) is 9.77. The van der Waals surface area contributed by atoms with Crippen LogP contribution in [0.3, 0.4) is 0 Å². The number of nitrogens with zero attached hydrogens (tertiary/aromatic N) is 1. The van der Waals surface area contributed by atoms with Crippen molar-refractivity contribution in [3.63, 3.8) is 0 Å². The molecule has 0 spiro atoms. The lowest BCUT2D eigenvalue weighted by molar-refractivity contribution is 0.102. The van der Waals surface area contributed by atoms with E-state index >= 15 is 0 Å². The monoisotopic (exact) mass is 305 g/mol. The number of nitrogens with two attached hydrogens (primary N) is 1. The lowest BCUT2D eigenvalue weighted by Gasteiger charge is -2.09. The molecule has 0 saturated carbocycles. The summed E-state index contributed by atoms with van der Waals surface area (Å²) in [5, 5.41) is 2.77. The van der Waals surface area contributed by atoms with E-state index in [-0.39, 0.29) is 5.91 Å². The van der Waals surface area contributed by atoms with Crippen LogP contribution in [0, 0.1) is 6.92 Å². The molecule has 2 rings (SSSR count).